The topological polar surface area (TPSA) is 98.3 Å². The zero-order valence-corrected chi connectivity index (χ0v) is 10.8. The molecule has 0 spiro atoms. The number of halogens is 3. The molecule has 1 aromatic rings. The molecule has 1 unspecified atom stereocenters. The van der Waals surface area contributed by atoms with Gasteiger partial charge in [-0.1, -0.05) is 0 Å². The Morgan fingerprint density at radius 3 is 2.71 bits per heavy atom. The van der Waals surface area contributed by atoms with E-state index in [1.165, 1.54) is 12.5 Å². The Hall–Kier alpha value is -2.26. The fraction of sp³-hybridized carbons (Fsp3) is 0.545. The maximum Gasteiger partial charge on any atom is 0.406 e. The number of amides is 2. The predicted octanol–water partition coefficient (Wildman–Crippen LogP) is 0.958. The molecule has 0 aliphatic carbocycles. The third-order valence-electron chi connectivity index (χ3n) is 3.49. The van der Waals surface area contributed by atoms with Crippen molar-refractivity contribution in [3.63, 3.8) is 0 Å². The van der Waals surface area contributed by atoms with Gasteiger partial charge in [-0.05, 0) is 6.42 Å². The number of urea groups is 1. The molecule has 0 aromatic carbocycles. The number of hydrogen-bond acceptors (Lipinski definition) is 3. The number of likely N-dealkylation sites (tertiary alicyclic amines) is 1. The smallest absolute Gasteiger partial charge is 0.406 e. The minimum atomic E-state index is -4.91. The molecule has 10 heteroatoms. The predicted molar refractivity (Wildman–Crippen MR) is 63.1 cm³/mol. The van der Waals surface area contributed by atoms with Crippen molar-refractivity contribution in [1.82, 2.24) is 20.2 Å². The van der Waals surface area contributed by atoms with E-state index in [1.807, 2.05) is 0 Å². The van der Waals surface area contributed by atoms with Crippen molar-refractivity contribution in [2.24, 2.45) is 5.41 Å². The second-order valence-corrected chi connectivity index (χ2v) is 4.79. The highest BCUT2D eigenvalue weighted by molar-refractivity contribution is 5.80. The SMILES string of the molecule is O=C(NCc1cnc[nH]1)N1CCC(C(=O)O)(C(F)(F)F)C1. The third-order valence-corrected chi connectivity index (χ3v) is 3.49. The van der Waals surface area contributed by atoms with Crippen molar-refractivity contribution in [3.05, 3.63) is 18.2 Å². The second kappa shape index (κ2) is 5.26. The van der Waals surface area contributed by atoms with Crippen LogP contribution in [-0.2, 0) is 11.3 Å². The second-order valence-electron chi connectivity index (χ2n) is 4.79. The van der Waals surface area contributed by atoms with E-state index >= 15 is 0 Å². The van der Waals surface area contributed by atoms with Crippen LogP contribution >= 0.6 is 0 Å². The molecule has 1 atom stereocenters. The highest BCUT2D eigenvalue weighted by Crippen LogP contribution is 2.45. The molecule has 0 radical (unpaired) electrons. The first kappa shape index (κ1) is 15.1. The van der Waals surface area contributed by atoms with Gasteiger partial charge in [0.15, 0.2) is 5.41 Å². The largest absolute Gasteiger partial charge is 0.481 e. The van der Waals surface area contributed by atoms with Gasteiger partial charge in [-0.15, -0.1) is 0 Å². The number of nitrogens with zero attached hydrogens (tertiary/aromatic N) is 2. The van der Waals surface area contributed by atoms with E-state index in [2.05, 4.69) is 15.3 Å². The van der Waals surface area contributed by atoms with Crippen LogP contribution < -0.4 is 5.32 Å². The van der Waals surface area contributed by atoms with Crippen molar-refractivity contribution < 1.29 is 27.9 Å². The van der Waals surface area contributed by atoms with E-state index in [0.29, 0.717) is 5.69 Å². The fourth-order valence-corrected chi connectivity index (χ4v) is 2.17. The molecule has 3 N–H and O–H groups in total. The van der Waals surface area contributed by atoms with Crippen molar-refractivity contribution in [2.45, 2.75) is 19.1 Å². The number of hydrogen-bond donors (Lipinski definition) is 3. The van der Waals surface area contributed by atoms with Gasteiger partial charge in [-0.25, -0.2) is 9.78 Å². The molecule has 2 rings (SSSR count). The highest BCUT2D eigenvalue weighted by atomic mass is 19.4. The van der Waals surface area contributed by atoms with Gasteiger partial charge in [0.05, 0.1) is 18.6 Å². The van der Waals surface area contributed by atoms with Crippen LogP contribution in [0.3, 0.4) is 0 Å². The number of imidazole rings is 1. The number of rotatable bonds is 3. The first-order valence-electron chi connectivity index (χ1n) is 6.06. The zero-order valence-electron chi connectivity index (χ0n) is 10.8. The van der Waals surface area contributed by atoms with E-state index < -0.39 is 36.6 Å². The zero-order chi connectivity index (χ0) is 15.7. The lowest BCUT2D eigenvalue weighted by Gasteiger charge is -2.27. The Kier molecular flexibility index (Phi) is 3.79. The summed E-state index contributed by atoms with van der Waals surface area (Å²) in [4.78, 5) is 30.1. The highest BCUT2D eigenvalue weighted by Gasteiger charge is 2.64. The van der Waals surface area contributed by atoms with Crippen LogP contribution in [0.5, 0.6) is 0 Å². The summed E-state index contributed by atoms with van der Waals surface area (Å²) in [5.74, 6) is -1.96. The van der Waals surface area contributed by atoms with Gasteiger partial charge < -0.3 is 20.3 Å². The van der Waals surface area contributed by atoms with Gasteiger partial charge in [-0.2, -0.15) is 13.2 Å². The number of alkyl halides is 3. The minimum Gasteiger partial charge on any atom is -0.481 e. The fourth-order valence-electron chi connectivity index (χ4n) is 2.17. The van der Waals surface area contributed by atoms with Crippen LogP contribution in [0.15, 0.2) is 12.5 Å². The minimum absolute atomic E-state index is 0.0709. The summed E-state index contributed by atoms with van der Waals surface area (Å²) in [7, 11) is 0. The van der Waals surface area contributed by atoms with E-state index in [1.54, 1.807) is 0 Å². The lowest BCUT2D eigenvalue weighted by atomic mass is 9.86. The van der Waals surface area contributed by atoms with Crippen LogP contribution in [0.25, 0.3) is 0 Å². The Bertz CT molecular complexity index is 531. The molecule has 0 bridgehead atoms. The molecule has 7 nitrogen and oxygen atoms in total. The Morgan fingerprint density at radius 1 is 1.52 bits per heavy atom. The molecule has 2 heterocycles. The van der Waals surface area contributed by atoms with Crippen molar-refractivity contribution >= 4 is 12.0 Å². The van der Waals surface area contributed by atoms with Crippen LogP contribution in [-0.4, -0.2) is 51.2 Å². The van der Waals surface area contributed by atoms with Crippen molar-refractivity contribution in [3.8, 4) is 0 Å². The molecule has 1 aliphatic heterocycles. The van der Waals surface area contributed by atoms with Gasteiger partial charge in [-0.3, -0.25) is 4.79 Å². The van der Waals surface area contributed by atoms with Gasteiger partial charge in [0.25, 0.3) is 0 Å². The summed E-state index contributed by atoms with van der Waals surface area (Å²) in [6, 6.07) is -0.739. The Morgan fingerprint density at radius 2 is 2.24 bits per heavy atom. The number of aromatic nitrogens is 2. The van der Waals surface area contributed by atoms with E-state index in [4.69, 9.17) is 5.11 Å². The number of aliphatic carboxylic acids is 1. The van der Waals surface area contributed by atoms with Gasteiger partial charge in [0, 0.05) is 19.3 Å². The summed E-state index contributed by atoms with van der Waals surface area (Å²) in [6.45, 7) is -1.08. The monoisotopic (exact) mass is 306 g/mol. The van der Waals surface area contributed by atoms with E-state index in [9.17, 15) is 22.8 Å². The molecule has 0 saturated carbocycles. The number of H-pyrrole nitrogens is 1. The lowest BCUT2D eigenvalue weighted by Crippen LogP contribution is -2.48. The number of carbonyl (C=O) groups excluding carboxylic acids is 1. The molecular weight excluding hydrogens is 293 g/mol. The van der Waals surface area contributed by atoms with Gasteiger partial charge in [0.2, 0.25) is 0 Å². The van der Waals surface area contributed by atoms with E-state index in [0.717, 1.165) is 4.90 Å². The molecule has 21 heavy (non-hydrogen) atoms. The lowest BCUT2D eigenvalue weighted by molar-refractivity contribution is -0.226. The van der Waals surface area contributed by atoms with Gasteiger partial charge in [0.1, 0.15) is 0 Å². The van der Waals surface area contributed by atoms with Crippen LogP contribution in [0.1, 0.15) is 12.1 Å². The first-order valence-corrected chi connectivity index (χ1v) is 6.06. The maximum atomic E-state index is 13.0. The third kappa shape index (κ3) is 2.78. The van der Waals surface area contributed by atoms with Crippen LogP contribution in [0.2, 0.25) is 0 Å². The summed E-state index contributed by atoms with van der Waals surface area (Å²) in [5.41, 5.74) is -2.30. The quantitative estimate of drug-likeness (QED) is 0.774. The maximum absolute atomic E-state index is 13.0. The molecule has 1 saturated heterocycles. The Labute approximate surface area is 117 Å². The molecule has 1 fully saturated rings. The van der Waals surface area contributed by atoms with Crippen LogP contribution in [0.4, 0.5) is 18.0 Å². The number of aromatic amines is 1. The number of carboxylic acids is 1. The van der Waals surface area contributed by atoms with Gasteiger partial charge >= 0.3 is 18.2 Å². The number of carboxylic acid groups (broad SMARTS) is 1. The molecule has 116 valence electrons. The summed E-state index contributed by atoms with van der Waals surface area (Å²) < 4.78 is 38.9. The summed E-state index contributed by atoms with van der Waals surface area (Å²) in [6.07, 6.45) is -2.70. The normalized spacial score (nSPS) is 22.3. The standard InChI is InChI=1S/C11H13F3N4O3/c12-11(13,14)10(8(19)20)1-2-18(5-10)9(21)16-4-7-3-15-6-17-7/h3,6H,1-2,4-5H2,(H,15,17)(H,16,21)(H,19,20). The molecular formula is C11H13F3N4O3. The molecule has 1 aromatic heterocycles. The number of nitrogens with one attached hydrogen (secondary N) is 2. The van der Waals surface area contributed by atoms with Crippen LogP contribution in [0, 0.1) is 5.41 Å². The summed E-state index contributed by atoms with van der Waals surface area (Å²) in [5, 5.41) is 11.3. The van der Waals surface area contributed by atoms with Crippen molar-refractivity contribution in [1.29, 1.82) is 0 Å². The first-order chi connectivity index (χ1) is 9.76. The number of carbonyl (C=O) groups is 2. The average molecular weight is 306 g/mol. The van der Waals surface area contributed by atoms with E-state index in [-0.39, 0.29) is 13.1 Å². The molecule has 1 aliphatic rings. The molecule has 2 amide bonds. The average Bonchev–Trinajstić information content (AvgIpc) is 3.04. The summed E-state index contributed by atoms with van der Waals surface area (Å²) >= 11 is 0. The van der Waals surface area contributed by atoms with Crippen molar-refractivity contribution in [2.75, 3.05) is 13.1 Å². The Balaban J connectivity index is 2.00.